The summed E-state index contributed by atoms with van der Waals surface area (Å²) in [5.41, 5.74) is 5.28. The van der Waals surface area contributed by atoms with Crippen LogP contribution in [-0.2, 0) is 14.8 Å². The highest BCUT2D eigenvalue weighted by molar-refractivity contribution is 7.90. The van der Waals surface area contributed by atoms with E-state index < -0.39 is 22.2 Å². The maximum Gasteiger partial charge on any atom is 0.421 e. The van der Waals surface area contributed by atoms with Crippen LogP contribution in [0.15, 0.2) is 71.8 Å². The topological polar surface area (TPSA) is 72.5 Å². The van der Waals surface area contributed by atoms with E-state index in [2.05, 4.69) is 12.3 Å². The van der Waals surface area contributed by atoms with Crippen LogP contribution in [0.2, 0.25) is 0 Å². The van der Waals surface area contributed by atoms with E-state index in [0.717, 1.165) is 16.7 Å². The number of ether oxygens (including phenoxy) is 1. The predicted octanol–water partition coefficient (Wildman–Crippen LogP) is 4.19. The van der Waals surface area contributed by atoms with Crippen molar-refractivity contribution in [1.29, 1.82) is 0 Å². The first-order valence-electron chi connectivity index (χ1n) is 8.03. The van der Waals surface area contributed by atoms with Crippen LogP contribution in [0.1, 0.15) is 29.2 Å². The molecule has 0 fully saturated rings. The van der Waals surface area contributed by atoms with Crippen LogP contribution in [0.4, 0.5) is 4.79 Å². The summed E-state index contributed by atoms with van der Waals surface area (Å²) in [7, 11) is -4.00. The van der Waals surface area contributed by atoms with E-state index in [1.807, 2.05) is 42.8 Å². The zero-order chi connectivity index (χ0) is 19.2. The molecule has 1 unspecified atom stereocenters. The summed E-state index contributed by atoms with van der Waals surface area (Å²) < 4.78 is 31.9. The van der Waals surface area contributed by atoms with Crippen molar-refractivity contribution >= 4 is 16.1 Å². The van der Waals surface area contributed by atoms with Gasteiger partial charge in [0.1, 0.15) is 6.10 Å². The molecule has 0 radical (unpaired) electrons. The quantitative estimate of drug-likeness (QED) is 0.773. The molecule has 1 atom stereocenters. The third kappa shape index (κ3) is 5.09. The molecule has 0 spiro atoms. The van der Waals surface area contributed by atoms with E-state index in [9.17, 15) is 13.2 Å². The minimum atomic E-state index is -4.00. The van der Waals surface area contributed by atoms with Crippen LogP contribution in [0.5, 0.6) is 0 Å². The van der Waals surface area contributed by atoms with Crippen molar-refractivity contribution in [2.45, 2.75) is 31.3 Å². The summed E-state index contributed by atoms with van der Waals surface area (Å²) in [6, 6.07) is 13.6. The first-order valence-corrected chi connectivity index (χ1v) is 9.51. The maximum atomic E-state index is 12.3. The summed E-state index contributed by atoms with van der Waals surface area (Å²) in [4.78, 5) is 12.2. The third-order valence-corrected chi connectivity index (χ3v) is 5.14. The predicted molar refractivity (Wildman–Crippen MR) is 100 cm³/mol. The van der Waals surface area contributed by atoms with E-state index >= 15 is 0 Å². The summed E-state index contributed by atoms with van der Waals surface area (Å²) in [6.45, 7) is 7.24. The fourth-order valence-electron chi connectivity index (χ4n) is 2.42. The standard InChI is InChI=1S/C20H21NO4S/c1-4-5-10-19(18-9-7-6-8-16(18)3)25-20(22)21-26(23,24)17-13-11-15(2)12-14-17/h5-9,11-14,19H,1,10H2,2-3H3,(H,21,22). The number of hydrogen-bond donors (Lipinski definition) is 1. The Bertz CT molecular complexity index is 927. The zero-order valence-corrected chi connectivity index (χ0v) is 15.5. The molecule has 5 nitrogen and oxygen atoms in total. The Balaban J connectivity index is 2.17. The molecule has 0 aromatic heterocycles. The SMILES string of the molecule is C=C=CCC(OC(=O)NS(=O)(=O)c1ccc(C)cc1)c1ccccc1C. The number of carbonyl (C=O) groups is 1. The van der Waals surface area contributed by atoms with Gasteiger partial charge in [-0.05, 0) is 43.2 Å². The van der Waals surface area contributed by atoms with E-state index in [-0.39, 0.29) is 4.90 Å². The Morgan fingerprint density at radius 2 is 1.85 bits per heavy atom. The number of amides is 1. The van der Waals surface area contributed by atoms with Crippen molar-refractivity contribution in [2.24, 2.45) is 0 Å². The lowest BCUT2D eigenvalue weighted by Crippen LogP contribution is -2.32. The van der Waals surface area contributed by atoms with Gasteiger partial charge in [-0.2, -0.15) is 0 Å². The molecule has 2 aromatic rings. The molecule has 1 N–H and O–H groups in total. The average molecular weight is 371 g/mol. The first kappa shape index (κ1) is 19.5. The lowest BCUT2D eigenvalue weighted by atomic mass is 10.0. The van der Waals surface area contributed by atoms with Gasteiger partial charge in [0.25, 0.3) is 10.0 Å². The molecule has 2 rings (SSSR count). The minimum Gasteiger partial charge on any atom is -0.440 e. The summed E-state index contributed by atoms with van der Waals surface area (Å²) in [5, 5.41) is 0. The summed E-state index contributed by atoms with van der Waals surface area (Å²) in [5.74, 6) is 0. The van der Waals surface area contributed by atoms with Gasteiger partial charge in [-0.3, -0.25) is 0 Å². The van der Waals surface area contributed by atoms with Crippen LogP contribution in [-0.4, -0.2) is 14.5 Å². The number of benzene rings is 2. The second kappa shape index (κ2) is 8.52. The van der Waals surface area contributed by atoms with E-state index in [1.165, 1.54) is 12.1 Å². The fraction of sp³-hybridized carbons (Fsp3) is 0.200. The summed E-state index contributed by atoms with van der Waals surface area (Å²) >= 11 is 0. The van der Waals surface area contributed by atoms with Gasteiger partial charge in [-0.15, -0.1) is 5.73 Å². The molecular formula is C20H21NO4S. The largest absolute Gasteiger partial charge is 0.440 e. The highest BCUT2D eigenvalue weighted by Gasteiger charge is 2.22. The van der Waals surface area contributed by atoms with Gasteiger partial charge in [0.2, 0.25) is 0 Å². The Morgan fingerprint density at radius 3 is 2.46 bits per heavy atom. The van der Waals surface area contributed by atoms with Crippen LogP contribution >= 0.6 is 0 Å². The fourth-order valence-corrected chi connectivity index (χ4v) is 3.30. The minimum absolute atomic E-state index is 0.00141. The highest BCUT2D eigenvalue weighted by Crippen LogP contribution is 2.25. The molecule has 26 heavy (non-hydrogen) atoms. The molecule has 136 valence electrons. The van der Waals surface area contributed by atoms with Crippen molar-refractivity contribution in [3.05, 3.63) is 83.6 Å². The lowest BCUT2D eigenvalue weighted by molar-refractivity contribution is 0.104. The molecule has 0 bridgehead atoms. The summed E-state index contributed by atoms with van der Waals surface area (Å²) in [6.07, 6.45) is 0.306. The van der Waals surface area contributed by atoms with Crippen molar-refractivity contribution in [2.75, 3.05) is 0 Å². The maximum absolute atomic E-state index is 12.3. The molecule has 0 saturated heterocycles. The van der Waals surface area contributed by atoms with Gasteiger partial charge in [0.15, 0.2) is 0 Å². The average Bonchev–Trinajstić information content (AvgIpc) is 2.59. The molecule has 6 heteroatoms. The second-order valence-electron chi connectivity index (χ2n) is 5.81. The second-order valence-corrected chi connectivity index (χ2v) is 7.50. The molecular weight excluding hydrogens is 350 g/mol. The number of nitrogens with one attached hydrogen (secondary N) is 1. The molecule has 2 aromatic carbocycles. The van der Waals surface area contributed by atoms with Crippen molar-refractivity contribution < 1.29 is 17.9 Å². The van der Waals surface area contributed by atoms with Gasteiger partial charge in [-0.25, -0.2) is 17.9 Å². The van der Waals surface area contributed by atoms with Gasteiger partial charge in [-0.1, -0.05) is 48.5 Å². The number of aryl methyl sites for hydroxylation is 2. The van der Waals surface area contributed by atoms with E-state index in [4.69, 9.17) is 4.74 Å². The van der Waals surface area contributed by atoms with Gasteiger partial charge < -0.3 is 4.74 Å². The molecule has 0 aliphatic heterocycles. The van der Waals surface area contributed by atoms with Crippen molar-refractivity contribution in [3.8, 4) is 0 Å². The molecule has 0 aliphatic rings. The number of rotatable bonds is 6. The number of hydrogen-bond acceptors (Lipinski definition) is 4. The van der Waals surface area contributed by atoms with Crippen molar-refractivity contribution in [1.82, 2.24) is 4.72 Å². The van der Waals surface area contributed by atoms with Gasteiger partial charge in [0.05, 0.1) is 4.90 Å². The van der Waals surface area contributed by atoms with Crippen LogP contribution < -0.4 is 4.72 Å². The molecule has 1 amide bonds. The Morgan fingerprint density at radius 1 is 1.19 bits per heavy atom. The normalized spacial score (nSPS) is 11.9. The number of carbonyl (C=O) groups excluding carboxylic acids is 1. The lowest BCUT2D eigenvalue weighted by Gasteiger charge is -2.19. The van der Waals surface area contributed by atoms with Crippen LogP contribution in [0.25, 0.3) is 0 Å². The third-order valence-electron chi connectivity index (χ3n) is 3.81. The van der Waals surface area contributed by atoms with Gasteiger partial charge >= 0.3 is 6.09 Å². The Labute approximate surface area is 154 Å². The van der Waals surface area contributed by atoms with E-state index in [0.29, 0.717) is 6.42 Å². The van der Waals surface area contributed by atoms with Crippen LogP contribution in [0, 0.1) is 13.8 Å². The van der Waals surface area contributed by atoms with Crippen LogP contribution in [0.3, 0.4) is 0 Å². The first-order chi connectivity index (χ1) is 12.3. The molecule has 0 heterocycles. The monoisotopic (exact) mass is 371 g/mol. The van der Waals surface area contributed by atoms with Crippen molar-refractivity contribution in [3.63, 3.8) is 0 Å². The Kier molecular flexibility index (Phi) is 6.39. The zero-order valence-electron chi connectivity index (χ0n) is 14.7. The number of sulfonamides is 1. The van der Waals surface area contributed by atoms with E-state index in [1.54, 1.807) is 18.2 Å². The highest BCUT2D eigenvalue weighted by atomic mass is 32.2. The Hall–Kier alpha value is -2.82. The molecule has 0 aliphatic carbocycles. The van der Waals surface area contributed by atoms with Gasteiger partial charge in [0, 0.05) is 6.42 Å². The smallest absolute Gasteiger partial charge is 0.421 e. The molecule has 0 saturated carbocycles.